The van der Waals surface area contributed by atoms with Crippen LogP contribution < -0.4 is 14.7 Å². The van der Waals surface area contributed by atoms with Crippen LogP contribution in [0.2, 0.25) is 0 Å². The van der Waals surface area contributed by atoms with Crippen LogP contribution in [0.3, 0.4) is 0 Å². The van der Waals surface area contributed by atoms with Gasteiger partial charge in [-0.3, -0.25) is 9.69 Å². The lowest BCUT2D eigenvalue weighted by Gasteiger charge is -2.44. The standard InChI is InChI=1S/C35H36F9N5O5/c1-4-24-15-28(26-14-21(33(36,37)38)5-6-27(26)49(24)31(52)54-19-32(2,3)29(50)51)48(30-45-16-25(17-46-30)47-7-9-53-10-8-47)18-20-11-22(34(39,40)41)13-23(12-20)35(42,43)44/h5-6,11-14,16-17,24,28H,4,7-10,15,18-19H2,1-3H3,(H,50,51)/t24-,28+/m1/s1. The molecule has 0 bridgehead atoms. The Bertz CT molecular complexity index is 1800. The molecule has 294 valence electrons. The minimum Gasteiger partial charge on any atom is -0.481 e. The van der Waals surface area contributed by atoms with Crippen LogP contribution in [0.1, 0.15) is 67.5 Å². The topological polar surface area (TPSA) is 108 Å². The highest BCUT2D eigenvalue weighted by Gasteiger charge is 2.43. The summed E-state index contributed by atoms with van der Waals surface area (Å²) in [4.78, 5) is 38.2. The summed E-state index contributed by atoms with van der Waals surface area (Å²) in [7, 11) is 0. The predicted octanol–water partition coefficient (Wildman–Crippen LogP) is 8.35. The van der Waals surface area contributed by atoms with Crippen molar-refractivity contribution >= 4 is 29.4 Å². The molecule has 54 heavy (non-hydrogen) atoms. The molecule has 0 saturated carbocycles. The van der Waals surface area contributed by atoms with Gasteiger partial charge in [-0.1, -0.05) is 6.92 Å². The maximum absolute atomic E-state index is 14.2. The molecule has 1 fully saturated rings. The molecule has 19 heteroatoms. The van der Waals surface area contributed by atoms with E-state index in [0.717, 1.165) is 23.1 Å². The number of aromatic nitrogens is 2. The molecule has 10 nitrogen and oxygen atoms in total. The maximum atomic E-state index is 14.2. The Morgan fingerprint density at radius 3 is 1.98 bits per heavy atom. The summed E-state index contributed by atoms with van der Waals surface area (Å²) in [5.74, 6) is -1.50. The Labute approximate surface area is 303 Å². The normalized spacial score (nSPS) is 18.3. The molecule has 3 aromatic rings. The first kappa shape index (κ1) is 40.4. The van der Waals surface area contributed by atoms with Gasteiger partial charge in [0.2, 0.25) is 5.95 Å². The van der Waals surface area contributed by atoms with E-state index in [1.165, 1.54) is 31.1 Å². The fraction of sp³-hybridized carbons (Fsp3) is 0.486. The highest BCUT2D eigenvalue weighted by atomic mass is 19.4. The van der Waals surface area contributed by atoms with Gasteiger partial charge in [0.15, 0.2) is 0 Å². The Morgan fingerprint density at radius 2 is 1.46 bits per heavy atom. The van der Waals surface area contributed by atoms with Gasteiger partial charge in [0.25, 0.3) is 0 Å². The highest BCUT2D eigenvalue weighted by molar-refractivity contribution is 5.91. The van der Waals surface area contributed by atoms with Gasteiger partial charge in [0, 0.05) is 25.7 Å². The van der Waals surface area contributed by atoms with Gasteiger partial charge in [0.05, 0.1) is 65.1 Å². The smallest absolute Gasteiger partial charge is 0.416 e. The number of alkyl halides is 9. The third kappa shape index (κ3) is 8.93. The van der Waals surface area contributed by atoms with Crippen LogP contribution in [0.15, 0.2) is 48.8 Å². The van der Waals surface area contributed by atoms with Crippen LogP contribution in [0.25, 0.3) is 0 Å². The summed E-state index contributed by atoms with van der Waals surface area (Å²) < 4.78 is 137. The van der Waals surface area contributed by atoms with Gasteiger partial charge in [-0.05, 0) is 74.2 Å². The minimum absolute atomic E-state index is 0.0325. The van der Waals surface area contributed by atoms with E-state index in [-0.39, 0.29) is 36.1 Å². The van der Waals surface area contributed by atoms with Crippen LogP contribution in [0.4, 0.5) is 61.6 Å². The van der Waals surface area contributed by atoms with Gasteiger partial charge in [0.1, 0.15) is 6.61 Å². The van der Waals surface area contributed by atoms with Crippen molar-refractivity contribution in [2.45, 2.75) is 70.8 Å². The van der Waals surface area contributed by atoms with Crippen molar-refractivity contribution < 1.29 is 63.7 Å². The van der Waals surface area contributed by atoms with Gasteiger partial charge in [-0.15, -0.1) is 0 Å². The van der Waals surface area contributed by atoms with Crippen molar-refractivity contribution in [2.24, 2.45) is 5.41 Å². The number of hydrogen-bond acceptors (Lipinski definition) is 8. The van der Waals surface area contributed by atoms with Gasteiger partial charge in [-0.25, -0.2) is 14.8 Å². The molecule has 1 saturated heterocycles. The summed E-state index contributed by atoms with van der Waals surface area (Å²) in [6, 6.07) is 1.38. The van der Waals surface area contributed by atoms with Crippen molar-refractivity contribution in [1.82, 2.24) is 9.97 Å². The molecule has 5 rings (SSSR count). The highest BCUT2D eigenvalue weighted by Crippen LogP contribution is 2.46. The molecule has 0 unspecified atom stereocenters. The number of morpholine rings is 1. The first-order valence-corrected chi connectivity index (χ1v) is 16.7. The average molecular weight is 778 g/mol. The SMILES string of the molecule is CC[C@@H]1C[C@H](N(Cc2cc(C(F)(F)F)cc(C(F)(F)F)c2)c2ncc(N3CCOCC3)cn2)c2cc(C(F)(F)F)ccc2N1C(=O)OCC(C)(C)C(=O)O. The Kier molecular flexibility index (Phi) is 11.3. The molecule has 1 aromatic heterocycles. The van der Waals surface area contributed by atoms with Crippen LogP contribution in [-0.2, 0) is 39.3 Å². The molecule has 2 aliphatic heterocycles. The quantitative estimate of drug-likeness (QED) is 0.215. The van der Waals surface area contributed by atoms with Crippen molar-refractivity contribution in [3.8, 4) is 0 Å². The number of nitrogens with zero attached hydrogens (tertiary/aromatic N) is 5. The number of carboxylic acids is 1. The van der Waals surface area contributed by atoms with E-state index in [1.807, 2.05) is 4.90 Å². The number of carbonyl (C=O) groups is 2. The van der Waals surface area contributed by atoms with Crippen molar-refractivity contribution in [2.75, 3.05) is 47.6 Å². The number of carboxylic acid groups (broad SMARTS) is 1. The largest absolute Gasteiger partial charge is 0.481 e. The lowest BCUT2D eigenvalue weighted by Crippen LogP contribution is -2.49. The first-order valence-electron chi connectivity index (χ1n) is 16.7. The number of ether oxygens (including phenoxy) is 2. The summed E-state index contributed by atoms with van der Waals surface area (Å²) in [6.07, 6.45) is -13.6. The van der Waals surface area contributed by atoms with Crippen LogP contribution in [0, 0.1) is 5.41 Å². The summed E-state index contributed by atoms with van der Waals surface area (Å²) in [5, 5.41) is 9.51. The molecular formula is C35H36F9N5O5. The zero-order valence-electron chi connectivity index (χ0n) is 29.1. The minimum atomic E-state index is -5.18. The molecule has 2 aliphatic rings. The average Bonchev–Trinajstić information content (AvgIpc) is 3.11. The van der Waals surface area contributed by atoms with E-state index in [4.69, 9.17) is 9.47 Å². The van der Waals surface area contributed by atoms with E-state index >= 15 is 0 Å². The Morgan fingerprint density at radius 1 is 0.889 bits per heavy atom. The molecule has 0 aliphatic carbocycles. The molecule has 0 spiro atoms. The van der Waals surface area contributed by atoms with Crippen LogP contribution in [-0.4, -0.2) is 66.1 Å². The van der Waals surface area contributed by atoms with Crippen LogP contribution >= 0.6 is 0 Å². The van der Waals surface area contributed by atoms with Gasteiger partial charge >= 0.3 is 30.6 Å². The number of carbonyl (C=O) groups excluding carboxylic acids is 1. The number of anilines is 3. The Balaban J connectivity index is 1.67. The third-order valence-corrected chi connectivity index (χ3v) is 9.27. The molecule has 2 aromatic carbocycles. The second-order valence-corrected chi connectivity index (χ2v) is 13.6. The number of rotatable bonds is 9. The van der Waals surface area contributed by atoms with E-state index in [2.05, 4.69) is 9.97 Å². The van der Waals surface area contributed by atoms with Gasteiger partial charge in [-0.2, -0.15) is 39.5 Å². The maximum Gasteiger partial charge on any atom is 0.416 e. The van der Waals surface area contributed by atoms with Crippen molar-refractivity contribution in [3.05, 3.63) is 76.6 Å². The summed E-state index contributed by atoms with van der Waals surface area (Å²) >= 11 is 0. The number of hydrogen-bond donors (Lipinski definition) is 1. The molecule has 0 radical (unpaired) electrons. The zero-order valence-corrected chi connectivity index (χ0v) is 29.1. The number of amides is 1. The van der Waals surface area contributed by atoms with Crippen molar-refractivity contribution in [1.29, 1.82) is 0 Å². The van der Waals surface area contributed by atoms with Crippen molar-refractivity contribution in [3.63, 3.8) is 0 Å². The monoisotopic (exact) mass is 777 g/mol. The van der Waals surface area contributed by atoms with E-state index in [1.54, 1.807) is 6.92 Å². The zero-order chi connectivity index (χ0) is 39.8. The molecule has 2 atom stereocenters. The molecular weight excluding hydrogens is 741 g/mol. The lowest BCUT2D eigenvalue weighted by atomic mass is 9.87. The number of fused-ring (bicyclic) bond motifs is 1. The van der Waals surface area contributed by atoms with E-state index in [9.17, 15) is 54.2 Å². The first-order chi connectivity index (χ1) is 25.1. The molecule has 1 N–H and O–H groups in total. The second-order valence-electron chi connectivity index (χ2n) is 13.6. The van der Waals surface area contributed by atoms with Gasteiger partial charge < -0.3 is 24.4 Å². The number of halogens is 9. The summed E-state index contributed by atoms with van der Waals surface area (Å²) in [5.41, 5.74) is -6.10. The fourth-order valence-electron chi connectivity index (χ4n) is 6.24. The second kappa shape index (κ2) is 15.1. The van der Waals surface area contributed by atoms with E-state index < -0.39 is 83.5 Å². The molecule has 1 amide bonds. The third-order valence-electron chi connectivity index (χ3n) is 9.27. The fourth-order valence-corrected chi connectivity index (χ4v) is 6.24. The molecule has 3 heterocycles. The Hall–Kier alpha value is -4.81. The van der Waals surface area contributed by atoms with E-state index in [0.29, 0.717) is 44.1 Å². The van der Waals surface area contributed by atoms with Crippen LogP contribution in [0.5, 0.6) is 0 Å². The lowest BCUT2D eigenvalue weighted by molar-refractivity contribution is -0.149. The predicted molar refractivity (Wildman–Crippen MR) is 176 cm³/mol. The summed E-state index contributed by atoms with van der Waals surface area (Å²) in [6.45, 7) is 4.68. The number of aliphatic carboxylic acids is 1. The number of benzene rings is 2.